The fraction of sp³-hybridized carbons (Fsp3) is 0.800. The second-order valence-electron chi connectivity index (χ2n) is 28.2. The third-order valence-corrected chi connectivity index (χ3v) is 24.2. The van der Waals surface area contributed by atoms with Gasteiger partial charge in [-0.05, 0) is 163 Å². The van der Waals surface area contributed by atoms with Crippen LogP contribution < -0.4 is 18.9 Å². The zero-order valence-corrected chi connectivity index (χ0v) is 44.3. The Labute approximate surface area is 418 Å². The largest absolute Gasteiger partial charge is 0.493 e. The van der Waals surface area contributed by atoms with E-state index < -0.39 is 27.8 Å². The highest BCUT2D eigenvalue weighted by Gasteiger charge is 2.84. The van der Waals surface area contributed by atoms with E-state index in [9.17, 15) is 10.2 Å². The van der Waals surface area contributed by atoms with Gasteiger partial charge in [0.2, 0.25) is 0 Å². The maximum atomic E-state index is 13.2. The molecule has 4 spiro atoms. The molecule has 8 saturated carbocycles. The quantitative estimate of drug-likeness (QED) is 0.189. The molecule has 4 heterocycles. The van der Waals surface area contributed by atoms with Crippen molar-refractivity contribution in [2.24, 2.45) is 45.3 Å². The van der Waals surface area contributed by atoms with Crippen molar-refractivity contribution in [2.75, 3.05) is 53.6 Å². The molecule has 2 aromatic carbocycles. The van der Waals surface area contributed by atoms with Gasteiger partial charge in [-0.3, -0.25) is 9.80 Å². The standard InChI is InChI=1S/C60H84N2O8/c1-51(2,3)53(7,63)41-31-55-19-21-59(41,66-10)49-57(55)23-25-61(33-35-11-12-35)43(55)30-38-16-18-40(48(70-49)46(38)57)67-27-28-68-60-22-20-56(32-42(60)54(8,64)52(4,5)6)44-29-37-15-17-39(65-9)47-45(37)58(56,50(60)69-47)24-26-62(44)34-36-13-14-36/h15-18,35-36,41-44,49-50,63-64H,11-14,19-34H2,1-10H3/t41?,42-,43?,44?,49+,50+,53+,54+,55-,56-,57?,58+,59-,60-/m1/s1. The summed E-state index contributed by atoms with van der Waals surface area (Å²) in [6, 6.07) is 9.85. The van der Waals surface area contributed by atoms with E-state index in [-0.39, 0.29) is 51.1 Å². The summed E-state index contributed by atoms with van der Waals surface area (Å²) in [5.41, 5.74) is 0.936. The lowest BCUT2D eigenvalue weighted by Gasteiger charge is -2.75. The number of aliphatic hydroxyl groups is 2. The second-order valence-corrected chi connectivity index (χ2v) is 28.2. The van der Waals surface area contributed by atoms with Gasteiger partial charge in [-0.1, -0.05) is 53.7 Å². The predicted molar refractivity (Wildman–Crippen MR) is 268 cm³/mol. The van der Waals surface area contributed by atoms with Crippen molar-refractivity contribution in [2.45, 2.75) is 203 Å². The minimum atomic E-state index is -1.04. The summed E-state index contributed by atoms with van der Waals surface area (Å²) in [4.78, 5) is 5.77. The molecule has 10 heteroatoms. The lowest BCUT2D eigenvalue weighted by molar-refractivity contribution is -0.319. The van der Waals surface area contributed by atoms with Gasteiger partial charge in [-0.15, -0.1) is 0 Å². The Kier molecular flexibility index (Phi) is 9.33. The van der Waals surface area contributed by atoms with E-state index in [4.69, 9.17) is 28.4 Å². The summed E-state index contributed by atoms with van der Waals surface area (Å²) in [5.74, 6) is 4.83. The first-order valence-electron chi connectivity index (χ1n) is 28.1. The van der Waals surface area contributed by atoms with E-state index in [1.54, 1.807) is 7.11 Å². The van der Waals surface area contributed by atoms with E-state index in [0.29, 0.717) is 25.3 Å². The molecule has 4 unspecified atom stereocenters. The second kappa shape index (κ2) is 14.2. The van der Waals surface area contributed by atoms with E-state index in [1.807, 2.05) is 7.11 Å². The molecule has 14 aliphatic rings. The van der Waals surface area contributed by atoms with E-state index >= 15 is 0 Å². The van der Waals surface area contributed by atoms with Crippen LogP contribution in [0.2, 0.25) is 0 Å². The van der Waals surface area contributed by atoms with Crippen LogP contribution in [0.4, 0.5) is 0 Å². The lowest BCUT2D eigenvalue weighted by Crippen LogP contribution is -2.83. The number of rotatable bonds is 13. The van der Waals surface area contributed by atoms with Crippen LogP contribution >= 0.6 is 0 Å². The number of methoxy groups -OCH3 is 2. The summed E-state index contributed by atoms with van der Waals surface area (Å²) in [6.07, 6.45) is 14.8. The highest BCUT2D eigenvalue weighted by molar-refractivity contribution is 5.65. The summed E-state index contributed by atoms with van der Waals surface area (Å²) in [5, 5.41) is 26.0. The van der Waals surface area contributed by atoms with Crippen LogP contribution in [0, 0.1) is 45.3 Å². The number of fused-ring (bicyclic) bond motifs is 4. The molecule has 0 amide bonds. The fourth-order valence-electron chi connectivity index (χ4n) is 19.7. The van der Waals surface area contributed by atoms with Crippen molar-refractivity contribution in [3.8, 4) is 23.0 Å². The van der Waals surface area contributed by atoms with E-state index in [1.165, 1.54) is 61.0 Å². The van der Waals surface area contributed by atoms with Crippen LogP contribution in [0.3, 0.4) is 0 Å². The van der Waals surface area contributed by atoms with Gasteiger partial charge in [0.15, 0.2) is 23.0 Å². The maximum absolute atomic E-state index is 13.2. The molecular formula is C60H84N2O8. The molecule has 8 bridgehead atoms. The molecule has 0 radical (unpaired) electrons. The van der Waals surface area contributed by atoms with Crippen molar-refractivity contribution < 1.29 is 38.6 Å². The smallest absolute Gasteiger partial charge is 0.165 e. The zero-order valence-electron chi connectivity index (χ0n) is 44.3. The van der Waals surface area contributed by atoms with Gasteiger partial charge in [-0.2, -0.15) is 0 Å². The number of ether oxygens (including phenoxy) is 6. The van der Waals surface area contributed by atoms with Crippen molar-refractivity contribution in [1.29, 1.82) is 0 Å². The molecule has 0 aromatic heterocycles. The highest BCUT2D eigenvalue weighted by atomic mass is 16.6. The van der Waals surface area contributed by atoms with Gasteiger partial charge < -0.3 is 38.6 Å². The van der Waals surface area contributed by atoms with Crippen molar-refractivity contribution in [1.82, 2.24) is 9.80 Å². The normalized spacial score (nSPS) is 43.1. The van der Waals surface area contributed by atoms with Crippen LogP contribution in [0.25, 0.3) is 0 Å². The molecule has 2 saturated heterocycles. The van der Waals surface area contributed by atoms with E-state index in [0.717, 1.165) is 112 Å². The van der Waals surface area contributed by atoms with Gasteiger partial charge in [-0.25, -0.2) is 0 Å². The topological polar surface area (TPSA) is 102 Å². The van der Waals surface area contributed by atoms with Crippen LogP contribution in [-0.2, 0) is 33.1 Å². The minimum absolute atomic E-state index is 0.0344. The number of benzene rings is 2. The lowest BCUT2D eigenvalue weighted by atomic mass is 9.33. The Morgan fingerprint density at radius 2 is 1.07 bits per heavy atom. The zero-order chi connectivity index (χ0) is 48.6. The predicted octanol–water partition coefficient (Wildman–Crippen LogP) is 9.19. The highest BCUT2D eigenvalue weighted by Crippen LogP contribution is 2.80. The molecule has 10 aliphatic carbocycles. The summed E-state index contributed by atoms with van der Waals surface area (Å²) in [7, 11) is 3.67. The SMILES string of the molecule is COc1ccc2c3c1O[C@@H]1[C@@]4(OCCOc5ccc6c7c5O[C@H]5C78CCN(CC7CC7)C(C6)[C@]86CC[C@@]5(OC)C([C@](C)(O)C(C)(C)C)C6)CC[C@@]5(C[C@@H]4[C@](C)(O)C(C)(C)C)C(C2)N(CC2CC2)CC[C@]315. The van der Waals surface area contributed by atoms with Crippen LogP contribution in [0.15, 0.2) is 24.3 Å². The van der Waals surface area contributed by atoms with Gasteiger partial charge in [0, 0.05) is 76.9 Å². The third kappa shape index (κ3) is 5.29. The van der Waals surface area contributed by atoms with Gasteiger partial charge in [0.25, 0.3) is 0 Å². The Balaban J connectivity index is 0.823. The molecule has 4 aliphatic heterocycles. The summed E-state index contributed by atoms with van der Waals surface area (Å²) in [6.45, 7) is 22.6. The van der Waals surface area contributed by atoms with Crippen LogP contribution in [0.1, 0.15) is 155 Å². The molecule has 14 atom stereocenters. The summed E-state index contributed by atoms with van der Waals surface area (Å²) >= 11 is 0. The van der Waals surface area contributed by atoms with Gasteiger partial charge in [0.05, 0.1) is 24.9 Å². The van der Waals surface area contributed by atoms with Gasteiger partial charge in [0.1, 0.15) is 30.0 Å². The first kappa shape index (κ1) is 46.0. The van der Waals surface area contributed by atoms with Crippen LogP contribution in [-0.4, -0.2) is 120 Å². The van der Waals surface area contributed by atoms with E-state index in [2.05, 4.69) is 89.5 Å². The monoisotopic (exact) mass is 961 g/mol. The van der Waals surface area contributed by atoms with Crippen LogP contribution in [0.5, 0.6) is 23.0 Å². The average Bonchev–Trinajstić information content (AvgIpc) is 4.25. The molecule has 2 N–H and O–H groups in total. The molecule has 10 nitrogen and oxygen atoms in total. The first-order chi connectivity index (χ1) is 33.2. The Hall–Kier alpha value is -2.60. The van der Waals surface area contributed by atoms with Crippen molar-refractivity contribution >= 4 is 0 Å². The molecule has 382 valence electrons. The third-order valence-electron chi connectivity index (χ3n) is 24.2. The molecular weight excluding hydrogens is 877 g/mol. The summed E-state index contributed by atoms with van der Waals surface area (Å²) < 4.78 is 43.0. The number of nitrogens with zero attached hydrogens (tertiary/aromatic N) is 2. The first-order valence-corrected chi connectivity index (χ1v) is 28.1. The van der Waals surface area contributed by atoms with Crippen molar-refractivity contribution in [3.05, 3.63) is 46.5 Å². The average molecular weight is 961 g/mol. The Bertz CT molecular complexity index is 2520. The Morgan fingerprint density at radius 1 is 0.600 bits per heavy atom. The minimum Gasteiger partial charge on any atom is -0.493 e. The number of piperidine rings is 2. The molecule has 70 heavy (non-hydrogen) atoms. The molecule has 2 aromatic rings. The van der Waals surface area contributed by atoms with Crippen molar-refractivity contribution in [3.63, 3.8) is 0 Å². The fourth-order valence-corrected chi connectivity index (χ4v) is 19.7. The molecule has 16 rings (SSSR count). The number of likely N-dealkylation sites (tertiary alicyclic amines) is 2. The number of hydrogen-bond acceptors (Lipinski definition) is 10. The maximum Gasteiger partial charge on any atom is 0.165 e. The van der Waals surface area contributed by atoms with Gasteiger partial charge >= 0.3 is 0 Å². The Morgan fingerprint density at radius 3 is 1.56 bits per heavy atom. The molecule has 10 fully saturated rings. The number of hydrogen-bond donors (Lipinski definition) is 2.